The molecule has 2 aliphatic heterocycles. The second kappa shape index (κ2) is 6.68. The van der Waals surface area contributed by atoms with Crippen LogP contribution in [0.3, 0.4) is 0 Å². The van der Waals surface area contributed by atoms with E-state index in [2.05, 4.69) is 9.60 Å². The van der Waals surface area contributed by atoms with Crippen molar-refractivity contribution < 1.29 is 41.5 Å². The highest BCUT2D eigenvalue weighted by Crippen LogP contribution is 2.45. The van der Waals surface area contributed by atoms with Crippen molar-refractivity contribution in [2.75, 3.05) is 13.1 Å². The third kappa shape index (κ3) is 3.51. The largest absolute Gasteiger partial charge is 0.479 e. The summed E-state index contributed by atoms with van der Waals surface area (Å²) in [4.78, 5) is 36.5. The second-order valence-corrected chi connectivity index (χ2v) is 6.73. The second-order valence-electron chi connectivity index (χ2n) is 5.73. The predicted molar refractivity (Wildman–Crippen MR) is 85.8 cm³/mol. The van der Waals surface area contributed by atoms with Crippen LogP contribution in [-0.4, -0.2) is 59.2 Å². The van der Waals surface area contributed by atoms with Crippen molar-refractivity contribution in [2.45, 2.75) is 19.0 Å². The van der Waals surface area contributed by atoms with Gasteiger partial charge < -0.3 is 20.1 Å². The van der Waals surface area contributed by atoms with Crippen molar-refractivity contribution in [3.05, 3.63) is 29.3 Å². The zero-order valence-corrected chi connectivity index (χ0v) is 14.7. The Balaban J connectivity index is 2.04. The van der Waals surface area contributed by atoms with Gasteiger partial charge in [0.05, 0.1) is 6.54 Å². The Morgan fingerprint density at radius 3 is 2.63 bits per heavy atom. The lowest BCUT2D eigenvalue weighted by atomic mass is 9.91. The number of benzene rings is 1. The van der Waals surface area contributed by atoms with Crippen LogP contribution in [0.4, 0.5) is 9.59 Å². The highest BCUT2D eigenvalue weighted by Gasteiger charge is 2.52. The SMILES string of the molecule is CCNC(=O)Oc1ccc2c(c1)[C@@H]1CN(C(=O)N1OS(=O)(=O)O)[C@H]2C(=O)O. The molecule has 3 amide bonds. The number of hydrogen-bond donors (Lipinski definition) is 3. The quantitative estimate of drug-likeness (QED) is 0.594. The number of carboxylic acids is 1. The first kappa shape index (κ1) is 18.9. The van der Waals surface area contributed by atoms with Gasteiger partial charge >= 0.3 is 28.5 Å². The van der Waals surface area contributed by atoms with Gasteiger partial charge in [-0.1, -0.05) is 6.07 Å². The monoisotopic (exact) mass is 401 g/mol. The van der Waals surface area contributed by atoms with Gasteiger partial charge in [-0.25, -0.2) is 14.4 Å². The number of hydroxylamine groups is 2. The maximum atomic E-state index is 12.4. The third-order valence-electron chi connectivity index (χ3n) is 4.05. The number of aliphatic carboxylic acids is 1. The van der Waals surface area contributed by atoms with Gasteiger partial charge in [0.2, 0.25) is 0 Å². The third-order valence-corrected chi connectivity index (χ3v) is 4.40. The maximum absolute atomic E-state index is 12.4. The molecule has 1 aromatic rings. The summed E-state index contributed by atoms with van der Waals surface area (Å²) in [5, 5.41) is 12.3. The van der Waals surface area contributed by atoms with E-state index in [-0.39, 0.29) is 23.4 Å². The van der Waals surface area contributed by atoms with Crippen LogP contribution in [0.25, 0.3) is 0 Å². The molecule has 0 unspecified atom stereocenters. The molecule has 2 aliphatic rings. The number of carbonyl (C=O) groups is 3. The van der Waals surface area contributed by atoms with Crippen LogP contribution < -0.4 is 10.1 Å². The Morgan fingerprint density at radius 2 is 2.04 bits per heavy atom. The van der Waals surface area contributed by atoms with Crippen molar-refractivity contribution in [2.24, 2.45) is 0 Å². The molecule has 1 aromatic carbocycles. The fourth-order valence-corrected chi connectivity index (χ4v) is 3.47. The first-order chi connectivity index (χ1) is 12.6. The molecule has 0 spiro atoms. The molecule has 146 valence electrons. The van der Waals surface area contributed by atoms with E-state index in [1.807, 2.05) is 0 Å². The lowest BCUT2D eigenvalue weighted by molar-refractivity contribution is -0.142. The average molecular weight is 401 g/mol. The molecule has 2 atom stereocenters. The van der Waals surface area contributed by atoms with Gasteiger partial charge in [-0.15, -0.1) is 4.28 Å². The van der Waals surface area contributed by atoms with Crippen molar-refractivity contribution in [3.63, 3.8) is 0 Å². The zero-order chi connectivity index (χ0) is 19.9. The number of urea groups is 1. The van der Waals surface area contributed by atoms with Crippen LogP contribution in [-0.2, 0) is 19.5 Å². The summed E-state index contributed by atoms with van der Waals surface area (Å²) in [6.07, 6.45) is -0.738. The number of hydrogen-bond acceptors (Lipinski definition) is 7. The summed E-state index contributed by atoms with van der Waals surface area (Å²) >= 11 is 0. The molecule has 13 heteroatoms. The van der Waals surface area contributed by atoms with Crippen LogP contribution in [0.2, 0.25) is 0 Å². The number of carboxylic acid groups (broad SMARTS) is 1. The first-order valence-electron chi connectivity index (χ1n) is 7.71. The van der Waals surface area contributed by atoms with E-state index in [1.165, 1.54) is 18.2 Å². The Kier molecular flexibility index (Phi) is 4.67. The molecule has 1 saturated heterocycles. The molecule has 27 heavy (non-hydrogen) atoms. The fraction of sp³-hybridized carbons (Fsp3) is 0.357. The minimum atomic E-state index is -5.02. The maximum Gasteiger partial charge on any atom is 0.418 e. The lowest BCUT2D eigenvalue weighted by Crippen LogP contribution is -2.38. The number of ether oxygens (including phenoxy) is 1. The van der Waals surface area contributed by atoms with E-state index in [9.17, 15) is 27.9 Å². The Bertz CT molecular complexity index is 916. The van der Waals surface area contributed by atoms with Gasteiger partial charge in [-0.05, 0) is 30.2 Å². The molecule has 3 rings (SSSR count). The van der Waals surface area contributed by atoms with Gasteiger partial charge in [0.25, 0.3) is 0 Å². The minimum Gasteiger partial charge on any atom is -0.479 e. The van der Waals surface area contributed by atoms with E-state index in [0.717, 1.165) is 4.90 Å². The number of fused-ring (bicyclic) bond motifs is 4. The van der Waals surface area contributed by atoms with Crippen LogP contribution in [0.5, 0.6) is 5.75 Å². The predicted octanol–water partition coefficient (Wildman–Crippen LogP) is 0.447. The first-order valence-corrected chi connectivity index (χ1v) is 9.08. The number of nitrogens with zero attached hydrogens (tertiary/aromatic N) is 2. The van der Waals surface area contributed by atoms with E-state index in [4.69, 9.17) is 9.29 Å². The molecule has 2 heterocycles. The normalized spacial score (nSPS) is 21.0. The van der Waals surface area contributed by atoms with Crippen molar-refractivity contribution >= 4 is 28.5 Å². The van der Waals surface area contributed by atoms with Crippen molar-refractivity contribution in [1.29, 1.82) is 0 Å². The van der Waals surface area contributed by atoms with Crippen LogP contribution in [0, 0.1) is 0 Å². The summed E-state index contributed by atoms with van der Waals surface area (Å²) in [6.45, 7) is 1.82. The average Bonchev–Trinajstić information content (AvgIpc) is 2.81. The Hall–Kier alpha value is -2.90. The minimum absolute atomic E-state index is 0.0587. The van der Waals surface area contributed by atoms with Crippen molar-refractivity contribution in [3.8, 4) is 5.75 Å². The summed E-state index contributed by atoms with van der Waals surface area (Å²) < 4.78 is 40.4. The Morgan fingerprint density at radius 1 is 1.33 bits per heavy atom. The van der Waals surface area contributed by atoms with Crippen molar-refractivity contribution in [1.82, 2.24) is 15.3 Å². The number of amides is 3. The molecular weight excluding hydrogens is 386 g/mol. The molecule has 1 fully saturated rings. The van der Waals surface area contributed by atoms with Gasteiger partial charge in [-0.3, -0.25) is 4.55 Å². The van der Waals surface area contributed by atoms with Crippen LogP contribution >= 0.6 is 0 Å². The summed E-state index contributed by atoms with van der Waals surface area (Å²) in [6, 6.07) is 0.592. The van der Waals surface area contributed by atoms with E-state index >= 15 is 0 Å². The topological polar surface area (TPSA) is 163 Å². The fourth-order valence-electron chi connectivity index (χ4n) is 3.10. The highest BCUT2D eigenvalue weighted by atomic mass is 32.3. The molecule has 3 N–H and O–H groups in total. The van der Waals surface area contributed by atoms with Crippen LogP contribution in [0.15, 0.2) is 18.2 Å². The smallest absolute Gasteiger partial charge is 0.418 e. The highest BCUT2D eigenvalue weighted by molar-refractivity contribution is 7.80. The molecular formula is C14H15N3O9S. The Labute approximate surface area is 153 Å². The van der Waals surface area contributed by atoms with E-state index in [1.54, 1.807) is 6.92 Å². The molecule has 0 aromatic heterocycles. The van der Waals surface area contributed by atoms with Gasteiger partial charge in [0, 0.05) is 6.54 Å². The van der Waals surface area contributed by atoms with Gasteiger partial charge in [-0.2, -0.15) is 13.5 Å². The summed E-state index contributed by atoms with van der Waals surface area (Å²) in [7, 11) is -5.02. The molecule has 2 bridgehead atoms. The van der Waals surface area contributed by atoms with Gasteiger partial charge in [0.1, 0.15) is 11.8 Å². The summed E-state index contributed by atoms with van der Waals surface area (Å²) in [5.41, 5.74) is 0.423. The zero-order valence-electron chi connectivity index (χ0n) is 13.9. The van der Waals surface area contributed by atoms with E-state index in [0.29, 0.717) is 11.6 Å². The molecule has 0 radical (unpaired) electrons. The number of nitrogens with one attached hydrogen (secondary N) is 1. The van der Waals surface area contributed by atoms with Gasteiger partial charge in [0.15, 0.2) is 6.04 Å². The van der Waals surface area contributed by atoms with E-state index < -0.39 is 40.6 Å². The molecule has 0 aliphatic carbocycles. The lowest BCUT2D eigenvalue weighted by Gasteiger charge is -2.30. The molecule has 0 saturated carbocycles. The number of carbonyl (C=O) groups excluding carboxylic acids is 2. The van der Waals surface area contributed by atoms with Crippen LogP contribution in [0.1, 0.15) is 30.1 Å². The number of rotatable bonds is 5. The standard InChI is InChI=1S/C14H15N3O9S/c1-2-15-13(20)25-7-3-4-8-9(5-7)10-6-16(11(8)12(18)19)14(21)17(10)26-27(22,23)24/h3-5,10-11H,2,6H2,1H3,(H,15,20)(H,18,19)(H,22,23,24)/t10-,11+/m0/s1. The summed E-state index contributed by atoms with van der Waals surface area (Å²) in [5.74, 6) is -1.28. The molecule has 12 nitrogen and oxygen atoms in total.